The number of amides is 1. The summed E-state index contributed by atoms with van der Waals surface area (Å²) in [7, 11) is 0. The molecule has 0 spiro atoms. The van der Waals surface area contributed by atoms with Crippen molar-refractivity contribution in [3.63, 3.8) is 0 Å². The summed E-state index contributed by atoms with van der Waals surface area (Å²) in [5.41, 5.74) is 0.869. The molecule has 0 unspecified atom stereocenters. The lowest BCUT2D eigenvalue weighted by atomic mass is 10.2. The molecule has 3 rings (SSSR count). The van der Waals surface area contributed by atoms with Crippen molar-refractivity contribution in [2.24, 2.45) is 0 Å². The molecular formula is C17H15NOS3. The first-order valence-electron chi connectivity index (χ1n) is 6.80. The van der Waals surface area contributed by atoms with Crippen LogP contribution in [0.15, 0.2) is 53.9 Å². The predicted octanol–water partition coefficient (Wildman–Crippen LogP) is 6.11. The molecule has 0 saturated heterocycles. The molecule has 22 heavy (non-hydrogen) atoms. The Hall–Kier alpha value is -1.69. The number of carbonyl (C=O) groups excluding carboxylic acids is 1. The van der Waals surface area contributed by atoms with E-state index < -0.39 is 0 Å². The first-order chi connectivity index (χ1) is 10.6. The van der Waals surface area contributed by atoms with Gasteiger partial charge in [-0.25, -0.2) is 0 Å². The van der Waals surface area contributed by atoms with E-state index in [9.17, 15) is 4.79 Å². The molecule has 0 aromatic carbocycles. The topological polar surface area (TPSA) is 29.1 Å². The van der Waals surface area contributed by atoms with Gasteiger partial charge in [0.15, 0.2) is 0 Å². The van der Waals surface area contributed by atoms with E-state index in [0.717, 1.165) is 10.6 Å². The third-order valence-corrected chi connectivity index (χ3v) is 6.29. The monoisotopic (exact) mass is 345 g/mol. The second kappa shape index (κ2) is 6.60. The van der Waals surface area contributed by atoms with Crippen molar-refractivity contribution in [3.05, 3.63) is 53.9 Å². The number of rotatable bonds is 5. The summed E-state index contributed by atoms with van der Waals surface area (Å²) in [6.45, 7) is 5.62. The Balaban J connectivity index is 1.74. The van der Waals surface area contributed by atoms with Crippen molar-refractivity contribution in [1.29, 1.82) is 0 Å². The lowest BCUT2D eigenvalue weighted by Gasteiger charge is -2.01. The molecule has 3 aromatic heterocycles. The lowest BCUT2D eigenvalue weighted by Crippen LogP contribution is -2.09. The van der Waals surface area contributed by atoms with Gasteiger partial charge < -0.3 is 5.32 Å². The van der Waals surface area contributed by atoms with Crippen molar-refractivity contribution in [2.75, 3.05) is 5.32 Å². The summed E-state index contributed by atoms with van der Waals surface area (Å²) in [5.74, 6) is -0.00801. The van der Waals surface area contributed by atoms with Crippen LogP contribution in [0, 0.1) is 0 Å². The number of carbonyl (C=O) groups is 1. The van der Waals surface area contributed by atoms with Crippen molar-refractivity contribution >= 4 is 44.9 Å². The smallest absolute Gasteiger partial charge is 0.229 e. The predicted molar refractivity (Wildman–Crippen MR) is 99.0 cm³/mol. The van der Waals surface area contributed by atoms with Crippen molar-refractivity contribution < 1.29 is 4.79 Å². The van der Waals surface area contributed by atoms with Gasteiger partial charge >= 0.3 is 0 Å². The molecule has 0 aliphatic rings. The molecule has 3 heterocycles. The summed E-state index contributed by atoms with van der Waals surface area (Å²) in [4.78, 5) is 16.8. The van der Waals surface area contributed by atoms with Crippen LogP contribution in [0.3, 0.4) is 0 Å². The number of anilines is 1. The summed E-state index contributed by atoms with van der Waals surface area (Å²) in [6, 6.07) is 12.5. The van der Waals surface area contributed by atoms with E-state index in [2.05, 4.69) is 47.6 Å². The van der Waals surface area contributed by atoms with E-state index in [-0.39, 0.29) is 5.91 Å². The van der Waals surface area contributed by atoms with E-state index in [1.165, 1.54) is 19.5 Å². The Labute approximate surface area is 141 Å². The quantitative estimate of drug-likeness (QED) is 0.555. The molecule has 112 valence electrons. The standard InChI is InChI=1S/C17H15NOS3/c1-11(2)10-16(19)18-17-8-7-15(22-17)14-6-5-13(21-14)12-4-3-9-20-12/h3-9H,1,10H2,2H3,(H,18,19). The Kier molecular flexibility index (Phi) is 4.57. The highest BCUT2D eigenvalue weighted by Crippen LogP contribution is 2.40. The zero-order valence-electron chi connectivity index (χ0n) is 12.1. The average molecular weight is 346 g/mol. The fourth-order valence-electron chi connectivity index (χ4n) is 2.01. The maximum atomic E-state index is 11.8. The lowest BCUT2D eigenvalue weighted by molar-refractivity contribution is -0.115. The van der Waals surface area contributed by atoms with E-state index in [1.807, 2.05) is 13.0 Å². The second-order valence-corrected chi connectivity index (χ2v) is 8.10. The van der Waals surface area contributed by atoms with Crippen LogP contribution in [0.4, 0.5) is 5.00 Å². The maximum Gasteiger partial charge on any atom is 0.229 e. The number of thiophene rings is 3. The minimum atomic E-state index is -0.00801. The molecular weight excluding hydrogens is 330 g/mol. The first kappa shape index (κ1) is 15.2. The van der Waals surface area contributed by atoms with E-state index >= 15 is 0 Å². The van der Waals surface area contributed by atoms with Gasteiger partial charge in [-0.2, -0.15) is 0 Å². The van der Waals surface area contributed by atoms with Gasteiger partial charge in [-0.05, 0) is 42.6 Å². The molecule has 2 nitrogen and oxygen atoms in total. The van der Waals surface area contributed by atoms with Gasteiger partial charge in [0.25, 0.3) is 0 Å². The minimum absolute atomic E-state index is 0.00801. The van der Waals surface area contributed by atoms with Crippen LogP contribution in [0.2, 0.25) is 0 Å². The van der Waals surface area contributed by atoms with Crippen LogP contribution >= 0.6 is 34.0 Å². The number of hydrogen-bond donors (Lipinski definition) is 1. The van der Waals surface area contributed by atoms with Crippen LogP contribution in [0.1, 0.15) is 13.3 Å². The molecule has 0 radical (unpaired) electrons. The number of nitrogens with one attached hydrogen (secondary N) is 1. The Bertz CT molecular complexity index is 796. The van der Waals surface area contributed by atoms with E-state index in [4.69, 9.17) is 0 Å². The fourth-order valence-corrected chi connectivity index (χ4v) is 4.87. The van der Waals surface area contributed by atoms with Gasteiger partial charge in [-0.1, -0.05) is 18.2 Å². The van der Waals surface area contributed by atoms with Crippen molar-refractivity contribution in [3.8, 4) is 19.5 Å². The highest BCUT2D eigenvalue weighted by atomic mass is 32.1. The van der Waals surface area contributed by atoms with Gasteiger partial charge in [0.2, 0.25) is 5.91 Å². The van der Waals surface area contributed by atoms with Crippen LogP contribution in [-0.2, 0) is 4.79 Å². The van der Waals surface area contributed by atoms with Crippen LogP contribution in [-0.4, -0.2) is 5.91 Å². The minimum Gasteiger partial charge on any atom is -0.317 e. The number of hydrogen-bond acceptors (Lipinski definition) is 4. The largest absolute Gasteiger partial charge is 0.317 e. The molecule has 0 aliphatic carbocycles. The summed E-state index contributed by atoms with van der Waals surface area (Å²) < 4.78 is 0. The fraction of sp³-hybridized carbons (Fsp3) is 0.118. The average Bonchev–Trinajstić information content (AvgIpc) is 3.18. The molecule has 0 bridgehead atoms. The second-order valence-electron chi connectivity index (χ2n) is 4.99. The molecule has 1 N–H and O–H groups in total. The van der Waals surface area contributed by atoms with Crippen molar-refractivity contribution in [1.82, 2.24) is 0 Å². The zero-order chi connectivity index (χ0) is 15.5. The molecule has 0 aliphatic heterocycles. The van der Waals surface area contributed by atoms with Gasteiger partial charge in [0, 0.05) is 25.9 Å². The third kappa shape index (κ3) is 3.55. The normalized spacial score (nSPS) is 10.6. The molecule has 1 amide bonds. The van der Waals surface area contributed by atoms with Gasteiger partial charge in [-0.15, -0.1) is 34.0 Å². The van der Waals surface area contributed by atoms with Crippen LogP contribution in [0.25, 0.3) is 19.5 Å². The van der Waals surface area contributed by atoms with E-state index in [1.54, 1.807) is 34.0 Å². The van der Waals surface area contributed by atoms with Gasteiger partial charge in [0.1, 0.15) is 0 Å². The third-order valence-electron chi connectivity index (χ3n) is 2.94. The Morgan fingerprint density at radius 1 is 1.05 bits per heavy atom. The summed E-state index contributed by atoms with van der Waals surface area (Å²) in [5, 5.41) is 5.90. The molecule has 0 fully saturated rings. The highest BCUT2D eigenvalue weighted by molar-refractivity contribution is 7.27. The van der Waals surface area contributed by atoms with Gasteiger partial charge in [0.05, 0.1) is 5.00 Å². The molecule has 0 saturated carbocycles. The zero-order valence-corrected chi connectivity index (χ0v) is 14.5. The molecule has 3 aromatic rings. The van der Waals surface area contributed by atoms with Crippen LogP contribution in [0.5, 0.6) is 0 Å². The van der Waals surface area contributed by atoms with E-state index in [0.29, 0.717) is 6.42 Å². The Morgan fingerprint density at radius 2 is 1.73 bits per heavy atom. The molecule has 0 atom stereocenters. The Morgan fingerprint density at radius 3 is 2.41 bits per heavy atom. The van der Waals surface area contributed by atoms with Crippen LogP contribution < -0.4 is 5.32 Å². The molecule has 5 heteroatoms. The maximum absolute atomic E-state index is 11.8. The first-order valence-corrected chi connectivity index (χ1v) is 9.31. The summed E-state index contributed by atoms with van der Waals surface area (Å²) >= 11 is 5.14. The summed E-state index contributed by atoms with van der Waals surface area (Å²) in [6.07, 6.45) is 0.370. The SMILES string of the molecule is C=C(C)CC(=O)Nc1ccc(-c2ccc(-c3cccs3)s2)s1. The van der Waals surface area contributed by atoms with Gasteiger partial charge in [-0.3, -0.25) is 4.79 Å². The van der Waals surface area contributed by atoms with Crippen molar-refractivity contribution in [2.45, 2.75) is 13.3 Å². The highest BCUT2D eigenvalue weighted by Gasteiger charge is 2.10.